The minimum atomic E-state index is -0.638. The lowest BCUT2D eigenvalue weighted by atomic mass is 10.1. The number of benzene rings is 1. The minimum Gasteiger partial charge on any atom is -0.465 e. The van der Waals surface area contributed by atoms with E-state index in [1.54, 1.807) is 19.9 Å². The van der Waals surface area contributed by atoms with E-state index in [4.69, 9.17) is 21.7 Å². The van der Waals surface area contributed by atoms with Gasteiger partial charge in [-0.25, -0.2) is 9.59 Å². The molecule has 0 fully saturated rings. The van der Waals surface area contributed by atoms with Crippen molar-refractivity contribution in [2.75, 3.05) is 24.9 Å². The zero-order valence-corrected chi connectivity index (χ0v) is 17.1. The zero-order valence-electron chi connectivity index (χ0n) is 15.4. The van der Waals surface area contributed by atoms with Crippen LogP contribution in [-0.4, -0.2) is 36.2 Å². The second-order valence-electron chi connectivity index (χ2n) is 5.53. The van der Waals surface area contributed by atoms with Gasteiger partial charge in [-0.3, -0.25) is 10.1 Å². The highest BCUT2D eigenvalue weighted by Crippen LogP contribution is 2.34. The van der Waals surface area contributed by atoms with Crippen molar-refractivity contribution in [1.29, 1.82) is 0 Å². The Bertz CT molecular complexity index is 970. The fraction of sp³-hybridized carbons (Fsp3) is 0.235. The largest absolute Gasteiger partial charge is 0.465 e. The molecular weight excluding hydrogens is 406 g/mol. The summed E-state index contributed by atoms with van der Waals surface area (Å²) in [7, 11) is 2.47. The third-order valence-corrected chi connectivity index (χ3v) is 5.28. The molecule has 2 rings (SSSR count). The first-order chi connectivity index (χ1) is 13.2. The van der Waals surface area contributed by atoms with E-state index < -0.39 is 16.9 Å². The summed E-state index contributed by atoms with van der Waals surface area (Å²) in [5.41, 5.74) is 1.35. The average molecular weight is 423 g/mol. The molecule has 1 aromatic carbocycles. The molecule has 0 unspecified atom stereocenters. The Morgan fingerprint density at radius 3 is 2.32 bits per heavy atom. The molecule has 28 heavy (non-hydrogen) atoms. The van der Waals surface area contributed by atoms with Gasteiger partial charge in [-0.05, 0) is 37.7 Å². The molecule has 1 heterocycles. The number of esters is 2. The molecule has 11 heteroatoms. The topological polar surface area (TPSA) is 120 Å². The first-order valence-corrected chi connectivity index (χ1v) is 9.05. The van der Waals surface area contributed by atoms with Crippen LogP contribution >= 0.6 is 23.6 Å². The van der Waals surface area contributed by atoms with E-state index in [0.717, 1.165) is 11.3 Å². The van der Waals surface area contributed by atoms with Gasteiger partial charge >= 0.3 is 11.9 Å². The average Bonchev–Trinajstić information content (AvgIpc) is 2.97. The van der Waals surface area contributed by atoms with Crippen LogP contribution in [0, 0.1) is 24.0 Å². The van der Waals surface area contributed by atoms with Gasteiger partial charge in [-0.2, -0.15) is 0 Å². The molecule has 148 valence electrons. The van der Waals surface area contributed by atoms with Crippen molar-refractivity contribution >= 4 is 57.0 Å². The summed E-state index contributed by atoms with van der Waals surface area (Å²) >= 11 is 6.25. The Morgan fingerprint density at radius 2 is 1.75 bits per heavy atom. The van der Waals surface area contributed by atoms with E-state index in [1.165, 1.54) is 26.4 Å². The number of thiophene rings is 1. The summed E-state index contributed by atoms with van der Waals surface area (Å²) in [6, 6.07) is 4.55. The van der Waals surface area contributed by atoms with Gasteiger partial charge < -0.3 is 20.1 Å². The maximum Gasteiger partial charge on any atom is 0.348 e. The number of thiocarbonyl (C=S) groups is 1. The molecule has 0 amide bonds. The monoisotopic (exact) mass is 423 g/mol. The van der Waals surface area contributed by atoms with Gasteiger partial charge in [0.1, 0.15) is 9.88 Å². The Kier molecular flexibility index (Phi) is 6.65. The summed E-state index contributed by atoms with van der Waals surface area (Å²) in [6.07, 6.45) is 0. The van der Waals surface area contributed by atoms with Crippen LogP contribution in [0.5, 0.6) is 0 Å². The van der Waals surface area contributed by atoms with Gasteiger partial charge in [-0.1, -0.05) is 6.07 Å². The molecule has 0 atom stereocenters. The summed E-state index contributed by atoms with van der Waals surface area (Å²) in [6.45, 7) is 3.19. The van der Waals surface area contributed by atoms with Crippen molar-refractivity contribution in [3.8, 4) is 0 Å². The normalized spacial score (nSPS) is 10.1. The SMILES string of the molecule is COC(=O)c1sc(NC(=S)Nc2cccc([N+](=O)[O-])c2C)c(C(=O)OC)c1C. The van der Waals surface area contributed by atoms with Crippen molar-refractivity contribution < 1.29 is 24.0 Å². The Morgan fingerprint density at radius 1 is 1.11 bits per heavy atom. The number of nitro groups is 1. The molecule has 0 spiro atoms. The Labute approximate surface area is 169 Å². The highest BCUT2D eigenvalue weighted by atomic mass is 32.1. The fourth-order valence-electron chi connectivity index (χ4n) is 2.45. The first kappa shape index (κ1) is 21.3. The van der Waals surface area contributed by atoms with Crippen LogP contribution in [-0.2, 0) is 9.47 Å². The van der Waals surface area contributed by atoms with Gasteiger partial charge in [0.25, 0.3) is 5.69 Å². The van der Waals surface area contributed by atoms with Crippen molar-refractivity contribution in [2.45, 2.75) is 13.8 Å². The third kappa shape index (κ3) is 4.26. The van der Waals surface area contributed by atoms with E-state index >= 15 is 0 Å². The van der Waals surface area contributed by atoms with Crippen LogP contribution in [0.4, 0.5) is 16.4 Å². The first-order valence-electron chi connectivity index (χ1n) is 7.83. The van der Waals surface area contributed by atoms with Gasteiger partial charge in [0, 0.05) is 6.07 Å². The number of methoxy groups -OCH3 is 2. The van der Waals surface area contributed by atoms with E-state index in [1.807, 2.05) is 0 Å². The van der Waals surface area contributed by atoms with Crippen LogP contribution < -0.4 is 10.6 Å². The van der Waals surface area contributed by atoms with E-state index in [-0.39, 0.29) is 21.2 Å². The maximum atomic E-state index is 12.1. The number of nitro benzene ring substituents is 1. The molecule has 2 aromatic rings. The summed E-state index contributed by atoms with van der Waals surface area (Å²) in [5, 5.41) is 17.2. The molecule has 9 nitrogen and oxygen atoms in total. The minimum absolute atomic E-state index is 0.0528. The van der Waals surface area contributed by atoms with E-state index in [9.17, 15) is 19.7 Å². The summed E-state index contributed by atoms with van der Waals surface area (Å²) < 4.78 is 9.51. The van der Waals surface area contributed by atoms with Crippen molar-refractivity contribution in [3.05, 3.63) is 49.9 Å². The third-order valence-electron chi connectivity index (χ3n) is 3.88. The van der Waals surface area contributed by atoms with Crippen LogP contribution in [0.2, 0.25) is 0 Å². The zero-order chi connectivity index (χ0) is 21.0. The molecule has 2 N–H and O–H groups in total. The van der Waals surface area contributed by atoms with E-state index in [0.29, 0.717) is 21.8 Å². The number of nitrogens with one attached hydrogen (secondary N) is 2. The molecule has 0 radical (unpaired) electrons. The number of carbonyl (C=O) groups excluding carboxylic acids is 2. The number of nitrogens with zero attached hydrogens (tertiary/aromatic N) is 1. The number of hydrogen-bond acceptors (Lipinski definition) is 8. The number of rotatable bonds is 5. The molecule has 0 saturated heterocycles. The molecule has 1 aromatic heterocycles. The van der Waals surface area contributed by atoms with Gasteiger partial charge in [-0.15, -0.1) is 11.3 Å². The van der Waals surface area contributed by atoms with Crippen LogP contribution in [0.1, 0.15) is 31.2 Å². The lowest BCUT2D eigenvalue weighted by Crippen LogP contribution is -2.20. The number of hydrogen-bond donors (Lipinski definition) is 2. The van der Waals surface area contributed by atoms with Crippen molar-refractivity contribution in [1.82, 2.24) is 0 Å². The van der Waals surface area contributed by atoms with Crippen molar-refractivity contribution in [2.24, 2.45) is 0 Å². The van der Waals surface area contributed by atoms with Gasteiger partial charge in [0.05, 0.1) is 36.0 Å². The quantitative estimate of drug-likeness (QED) is 0.321. The fourth-order valence-corrected chi connectivity index (χ4v) is 3.84. The lowest BCUT2D eigenvalue weighted by molar-refractivity contribution is -0.385. The van der Waals surface area contributed by atoms with E-state index in [2.05, 4.69) is 10.6 Å². The van der Waals surface area contributed by atoms with Gasteiger partial charge in [0.2, 0.25) is 0 Å². The smallest absolute Gasteiger partial charge is 0.348 e. The van der Waals surface area contributed by atoms with Crippen molar-refractivity contribution in [3.63, 3.8) is 0 Å². The standard InChI is InChI=1S/C17H17N3O6S2/c1-8-10(6-5-7-11(8)20(23)24)18-17(27)19-14-12(15(21)25-3)9(2)13(28-14)16(22)26-4/h5-7H,1-4H3,(H2,18,19,27). The van der Waals surface area contributed by atoms with Crippen LogP contribution in [0.15, 0.2) is 18.2 Å². The number of ether oxygens (including phenoxy) is 2. The van der Waals surface area contributed by atoms with Crippen LogP contribution in [0.3, 0.4) is 0 Å². The van der Waals surface area contributed by atoms with Crippen LogP contribution in [0.25, 0.3) is 0 Å². The Balaban J connectivity index is 2.34. The molecular formula is C17H17N3O6S2. The maximum absolute atomic E-state index is 12.1. The molecule has 0 bridgehead atoms. The Hall–Kier alpha value is -3.05. The molecule has 0 aliphatic heterocycles. The predicted molar refractivity (Wildman–Crippen MR) is 109 cm³/mol. The lowest BCUT2D eigenvalue weighted by Gasteiger charge is -2.12. The molecule has 0 aliphatic carbocycles. The number of carbonyl (C=O) groups is 2. The highest BCUT2D eigenvalue weighted by molar-refractivity contribution is 7.80. The number of anilines is 2. The second kappa shape index (κ2) is 8.76. The second-order valence-corrected chi connectivity index (χ2v) is 6.96. The summed E-state index contributed by atoms with van der Waals surface area (Å²) in [5.74, 6) is -1.23. The molecule has 0 aliphatic rings. The summed E-state index contributed by atoms with van der Waals surface area (Å²) in [4.78, 5) is 34.9. The molecule has 0 saturated carbocycles. The van der Waals surface area contributed by atoms with Gasteiger partial charge in [0.15, 0.2) is 5.11 Å². The predicted octanol–water partition coefficient (Wildman–Crippen LogP) is 3.66. The highest BCUT2D eigenvalue weighted by Gasteiger charge is 2.26.